The molecular formula is C16H31BF4N2. The van der Waals surface area contributed by atoms with Crippen molar-refractivity contribution in [3.8, 4) is 0 Å². The molecule has 0 saturated carbocycles. The van der Waals surface area contributed by atoms with Gasteiger partial charge in [-0.05, 0) is 18.8 Å². The number of nitrogens with zero attached hydrogens (tertiary/aromatic N) is 1. The van der Waals surface area contributed by atoms with Crippen molar-refractivity contribution in [3.05, 3.63) is 18.7 Å². The summed E-state index contributed by atoms with van der Waals surface area (Å²) in [6.45, 7) is 5.85. The zero-order valence-electron chi connectivity index (χ0n) is 14.4. The lowest BCUT2D eigenvalue weighted by Gasteiger charge is -2.10. The van der Waals surface area contributed by atoms with Crippen LogP contribution in [0.1, 0.15) is 71.6 Å². The molecule has 0 spiro atoms. The summed E-state index contributed by atoms with van der Waals surface area (Å²) in [7, 11) is -6.00. The molecule has 1 rings (SSSR count). The van der Waals surface area contributed by atoms with Crippen molar-refractivity contribution >= 4 is 7.25 Å². The van der Waals surface area contributed by atoms with E-state index in [0.717, 1.165) is 12.5 Å². The number of aromatic nitrogens is 2. The fraction of sp³-hybridized carbons (Fsp3) is 0.812. The molecule has 7 heteroatoms. The molecule has 2 nitrogen and oxygen atoms in total. The quantitative estimate of drug-likeness (QED) is 0.229. The monoisotopic (exact) mass is 338 g/mol. The summed E-state index contributed by atoms with van der Waals surface area (Å²) in [5, 5.41) is 0. The van der Waals surface area contributed by atoms with Gasteiger partial charge in [-0.3, -0.25) is 4.98 Å². The van der Waals surface area contributed by atoms with Gasteiger partial charge in [0.1, 0.15) is 12.4 Å². The number of halogens is 4. The van der Waals surface area contributed by atoms with Crippen molar-refractivity contribution in [1.29, 1.82) is 0 Å². The Morgan fingerprint density at radius 1 is 0.957 bits per heavy atom. The minimum absolute atomic E-state index is 0.899. The van der Waals surface area contributed by atoms with Crippen LogP contribution in [0.4, 0.5) is 17.3 Å². The highest BCUT2D eigenvalue weighted by molar-refractivity contribution is 6.50. The van der Waals surface area contributed by atoms with Gasteiger partial charge in [0.05, 0.1) is 6.54 Å². The Balaban J connectivity index is 0.000000841. The molecule has 23 heavy (non-hydrogen) atoms. The van der Waals surface area contributed by atoms with Crippen LogP contribution in [-0.4, -0.2) is 12.2 Å². The maximum atomic E-state index is 9.75. The number of nitrogens with one attached hydrogen (secondary N) is 1. The molecule has 1 N–H and O–H groups in total. The molecule has 1 heterocycles. The van der Waals surface area contributed by atoms with Gasteiger partial charge in [0.2, 0.25) is 6.33 Å². The summed E-state index contributed by atoms with van der Waals surface area (Å²) >= 11 is 0. The summed E-state index contributed by atoms with van der Waals surface area (Å²) in [4.78, 5) is 3.09. The maximum absolute atomic E-state index is 9.75. The van der Waals surface area contributed by atoms with Crippen molar-refractivity contribution in [2.75, 3.05) is 0 Å². The number of unbranched alkanes of at least 4 members (excludes halogenated alkanes) is 5. The number of H-pyrrole nitrogens is 1. The van der Waals surface area contributed by atoms with Crippen molar-refractivity contribution in [3.63, 3.8) is 0 Å². The van der Waals surface area contributed by atoms with Crippen LogP contribution < -0.4 is 4.57 Å². The van der Waals surface area contributed by atoms with Gasteiger partial charge in [-0.1, -0.05) is 58.8 Å². The molecular weight excluding hydrogens is 307 g/mol. The topological polar surface area (TPSA) is 19.7 Å². The fourth-order valence-electron chi connectivity index (χ4n) is 2.50. The van der Waals surface area contributed by atoms with E-state index < -0.39 is 7.25 Å². The summed E-state index contributed by atoms with van der Waals surface area (Å²) in [6, 6.07) is 0. The Labute approximate surface area is 137 Å². The van der Waals surface area contributed by atoms with E-state index in [9.17, 15) is 17.3 Å². The zero-order chi connectivity index (χ0) is 17.6. The van der Waals surface area contributed by atoms with Gasteiger partial charge in [-0.2, -0.15) is 0 Å². The average molecular weight is 338 g/mol. The molecule has 0 amide bonds. The van der Waals surface area contributed by atoms with Gasteiger partial charge in [0, 0.05) is 0 Å². The van der Waals surface area contributed by atoms with E-state index in [1.807, 2.05) is 12.5 Å². The van der Waals surface area contributed by atoms with Crippen LogP contribution in [0.5, 0.6) is 0 Å². The number of rotatable bonds is 11. The average Bonchev–Trinajstić information content (AvgIpc) is 2.94. The van der Waals surface area contributed by atoms with Crippen LogP contribution in [0.2, 0.25) is 0 Å². The van der Waals surface area contributed by atoms with E-state index >= 15 is 0 Å². The smallest absolute Gasteiger partial charge is 0.418 e. The highest BCUT2D eigenvalue weighted by atomic mass is 19.5. The third-order valence-corrected chi connectivity index (χ3v) is 3.77. The van der Waals surface area contributed by atoms with Crippen LogP contribution in [0.15, 0.2) is 18.7 Å². The molecule has 1 aromatic rings. The Morgan fingerprint density at radius 3 is 2.09 bits per heavy atom. The van der Waals surface area contributed by atoms with E-state index in [-0.39, 0.29) is 0 Å². The number of aryl methyl sites for hydroxylation is 1. The van der Waals surface area contributed by atoms with Gasteiger partial charge < -0.3 is 17.3 Å². The van der Waals surface area contributed by atoms with Crippen molar-refractivity contribution in [2.24, 2.45) is 5.92 Å². The van der Waals surface area contributed by atoms with Crippen LogP contribution in [0, 0.1) is 5.92 Å². The lowest BCUT2D eigenvalue weighted by Crippen LogP contribution is -2.30. The van der Waals surface area contributed by atoms with Gasteiger partial charge in [-0.25, -0.2) is 4.57 Å². The molecule has 0 aliphatic rings. The molecule has 0 saturated heterocycles. The second-order valence-electron chi connectivity index (χ2n) is 6.15. The van der Waals surface area contributed by atoms with Crippen LogP contribution in [0.25, 0.3) is 0 Å². The van der Waals surface area contributed by atoms with Crippen molar-refractivity contribution in [2.45, 2.75) is 78.2 Å². The summed E-state index contributed by atoms with van der Waals surface area (Å²) in [6.07, 6.45) is 18.8. The zero-order valence-corrected chi connectivity index (χ0v) is 14.4. The highest BCUT2D eigenvalue weighted by Crippen LogP contribution is 2.16. The van der Waals surface area contributed by atoms with Crippen LogP contribution in [0.3, 0.4) is 0 Å². The van der Waals surface area contributed by atoms with E-state index in [1.54, 1.807) is 0 Å². The predicted molar refractivity (Wildman–Crippen MR) is 87.6 cm³/mol. The third kappa shape index (κ3) is 18.9. The Hall–Kier alpha value is -1.01. The fourth-order valence-corrected chi connectivity index (χ4v) is 2.50. The molecule has 1 unspecified atom stereocenters. The molecule has 0 aliphatic heterocycles. The summed E-state index contributed by atoms with van der Waals surface area (Å²) < 4.78 is 41.2. The van der Waals surface area contributed by atoms with E-state index in [2.05, 4.69) is 29.6 Å². The molecule has 0 fully saturated rings. The molecule has 0 aliphatic carbocycles. The molecule has 136 valence electrons. The molecule has 0 aromatic carbocycles. The standard InChI is InChI=1S/C16H30N2.BF4/c1-3-4-5-6-7-8-10-16(2)11-9-13-18-14-12-17-15-18;2-1(3,4)5/h12,14-16H,3-11,13H2,1-2H3;/q;-1/p+1. The first-order chi connectivity index (χ1) is 10.8. The van der Waals surface area contributed by atoms with Gasteiger partial charge >= 0.3 is 7.25 Å². The van der Waals surface area contributed by atoms with Gasteiger partial charge in [0.25, 0.3) is 0 Å². The number of aromatic amines is 1. The Morgan fingerprint density at radius 2 is 1.52 bits per heavy atom. The molecule has 1 atom stereocenters. The summed E-state index contributed by atoms with van der Waals surface area (Å²) in [5.41, 5.74) is 0. The lowest BCUT2D eigenvalue weighted by molar-refractivity contribution is -0.696. The first-order valence-electron chi connectivity index (χ1n) is 8.72. The van der Waals surface area contributed by atoms with E-state index in [4.69, 9.17) is 0 Å². The first kappa shape index (κ1) is 22.0. The molecule has 0 radical (unpaired) electrons. The van der Waals surface area contributed by atoms with Gasteiger partial charge in [0.15, 0.2) is 0 Å². The second kappa shape index (κ2) is 13.4. The number of imidazole rings is 1. The van der Waals surface area contributed by atoms with Gasteiger partial charge in [-0.15, -0.1) is 0 Å². The highest BCUT2D eigenvalue weighted by Gasteiger charge is 2.20. The van der Waals surface area contributed by atoms with Crippen molar-refractivity contribution in [1.82, 2.24) is 4.98 Å². The molecule has 1 aromatic heterocycles. The Bertz CT molecular complexity index is 349. The lowest BCUT2D eigenvalue weighted by atomic mass is 9.97. The second-order valence-corrected chi connectivity index (χ2v) is 6.15. The third-order valence-electron chi connectivity index (χ3n) is 3.77. The minimum atomic E-state index is -6.00. The van der Waals surface area contributed by atoms with E-state index in [1.165, 1.54) is 57.8 Å². The van der Waals surface area contributed by atoms with E-state index in [0.29, 0.717) is 0 Å². The first-order valence-corrected chi connectivity index (χ1v) is 8.72. The summed E-state index contributed by atoms with van der Waals surface area (Å²) in [5.74, 6) is 0.899. The number of hydrogen-bond acceptors (Lipinski definition) is 0. The normalized spacial score (nSPS) is 12.6. The SMILES string of the molecule is CCCCCCCCC(C)CCC[n+]1cc[nH]c1.F[B-](F)(F)F. The number of hydrogen-bond donors (Lipinski definition) is 1. The maximum Gasteiger partial charge on any atom is 0.673 e. The van der Waals surface area contributed by atoms with Crippen molar-refractivity contribution < 1.29 is 21.8 Å². The predicted octanol–water partition coefficient (Wildman–Crippen LogP) is 5.77. The Kier molecular flexibility index (Phi) is 12.8. The van der Waals surface area contributed by atoms with Crippen LogP contribution >= 0.6 is 0 Å². The minimum Gasteiger partial charge on any atom is -0.418 e. The largest absolute Gasteiger partial charge is 0.673 e. The van der Waals surface area contributed by atoms with Crippen LogP contribution in [-0.2, 0) is 6.54 Å². The molecule has 0 bridgehead atoms.